The standard InChI is InChI=1S/C23H25Cl2N5O2/c1-29-6-3-7-30(9-8-29)20-11-15-19(12-21(20)32-2)27-13-16(23(26)31)22(15)28-14-4-5-17(24)18(25)10-14/h4-5,10-13H,3,6-9H2,1-2H3,(H2,26,31)(H,27,28). The number of ether oxygens (including phenoxy) is 1. The first-order chi connectivity index (χ1) is 15.4. The van der Waals surface area contributed by atoms with Gasteiger partial charge >= 0.3 is 0 Å². The van der Waals surface area contributed by atoms with E-state index in [1.165, 1.54) is 6.20 Å². The van der Waals surface area contributed by atoms with Gasteiger partial charge in [0.05, 0.1) is 39.6 Å². The van der Waals surface area contributed by atoms with E-state index in [0.717, 1.165) is 49.4 Å². The van der Waals surface area contributed by atoms with Crippen LogP contribution in [0.1, 0.15) is 16.8 Å². The summed E-state index contributed by atoms with van der Waals surface area (Å²) in [6.07, 6.45) is 2.52. The number of carbonyl (C=O) groups excluding carboxylic acids is 1. The largest absolute Gasteiger partial charge is 0.495 e. The maximum Gasteiger partial charge on any atom is 0.252 e. The molecule has 1 aliphatic rings. The fourth-order valence-corrected chi connectivity index (χ4v) is 4.24. The summed E-state index contributed by atoms with van der Waals surface area (Å²) in [5, 5.41) is 4.92. The lowest BCUT2D eigenvalue weighted by Gasteiger charge is -2.26. The van der Waals surface area contributed by atoms with Crippen LogP contribution < -0.4 is 20.7 Å². The van der Waals surface area contributed by atoms with Crippen LogP contribution in [0.2, 0.25) is 10.0 Å². The second kappa shape index (κ2) is 9.40. The summed E-state index contributed by atoms with van der Waals surface area (Å²) < 4.78 is 5.70. The van der Waals surface area contributed by atoms with E-state index in [0.29, 0.717) is 26.9 Å². The zero-order chi connectivity index (χ0) is 22.8. The van der Waals surface area contributed by atoms with Crippen molar-refractivity contribution < 1.29 is 9.53 Å². The van der Waals surface area contributed by atoms with Crippen LogP contribution in [-0.2, 0) is 0 Å². The molecule has 1 fully saturated rings. The van der Waals surface area contributed by atoms with E-state index in [9.17, 15) is 4.79 Å². The van der Waals surface area contributed by atoms with E-state index in [2.05, 4.69) is 27.1 Å². The van der Waals surface area contributed by atoms with Crippen molar-refractivity contribution in [3.63, 3.8) is 0 Å². The molecule has 3 aromatic rings. The average molecular weight is 474 g/mol. The molecule has 2 heterocycles. The van der Waals surface area contributed by atoms with Gasteiger partial charge in [0.1, 0.15) is 5.75 Å². The van der Waals surface area contributed by atoms with Gasteiger partial charge in [-0.1, -0.05) is 23.2 Å². The molecule has 1 saturated heterocycles. The molecule has 0 atom stereocenters. The van der Waals surface area contributed by atoms with E-state index in [-0.39, 0.29) is 5.56 Å². The monoisotopic (exact) mass is 473 g/mol. The quantitative estimate of drug-likeness (QED) is 0.565. The van der Waals surface area contributed by atoms with E-state index in [1.54, 1.807) is 25.3 Å². The highest BCUT2D eigenvalue weighted by Gasteiger charge is 2.21. The molecule has 168 valence electrons. The fraction of sp³-hybridized carbons (Fsp3) is 0.304. The third kappa shape index (κ3) is 4.55. The summed E-state index contributed by atoms with van der Waals surface area (Å²) in [6, 6.07) is 9.10. The smallest absolute Gasteiger partial charge is 0.252 e. The third-order valence-corrected chi connectivity index (χ3v) is 6.42. The minimum atomic E-state index is -0.573. The highest BCUT2D eigenvalue weighted by Crippen LogP contribution is 2.38. The van der Waals surface area contributed by atoms with E-state index in [1.807, 2.05) is 12.1 Å². The molecule has 3 N–H and O–H groups in total. The number of likely N-dealkylation sites (N-methyl/N-ethyl adjacent to an activating group) is 1. The molecule has 0 bridgehead atoms. The summed E-state index contributed by atoms with van der Waals surface area (Å²) in [4.78, 5) is 21.3. The zero-order valence-corrected chi connectivity index (χ0v) is 19.5. The van der Waals surface area contributed by atoms with Crippen molar-refractivity contribution in [2.24, 2.45) is 5.73 Å². The molecule has 1 aromatic heterocycles. The van der Waals surface area contributed by atoms with Crippen LogP contribution in [0, 0.1) is 0 Å². The van der Waals surface area contributed by atoms with Crippen molar-refractivity contribution in [1.29, 1.82) is 0 Å². The van der Waals surface area contributed by atoms with Crippen LogP contribution in [0.25, 0.3) is 10.9 Å². The Hall–Kier alpha value is -2.74. The molecule has 1 amide bonds. The minimum absolute atomic E-state index is 0.287. The van der Waals surface area contributed by atoms with Gasteiger partial charge in [0, 0.05) is 43.0 Å². The highest BCUT2D eigenvalue weighted by atomic mass is 35.5. The minimum Gasteiger partial charge on any atom is -0.495 e. The second-order valence-corrected chi connectivity index (χ2v) is 8.66. The number of aromatic nitrogens is 1. The Labute approximate surface area is 197 Å². The average Bonchev–Trinajstić information content (AvgIpc) is 2.99. The molecule has 9 heteroatoms. The van der Waals surface area contributed by atoms with Crippen molar-refractivity contribution >= 4 is 57.1 Å². The van der Waals surface area contributed by atoms with Gasteiger partial charge in [-0.25, -0.2) is 0 Å². The number of nitrogens with zero attached hydrogens (tertiary/aromatic N) is 3. The lowest BCUT2D eigenvalue weighted by molar-refractivity contribution is 0.100. The van der Waals surface area contributed by atoms with Gasteiger partial charge in [-0.15, -0.1) is 0 Å². The molecule has 1 aliphatic heterocycles. The number of primary amides is 1. The Bertz CT molecular complexity index is 1170. The Morgan fingerprint density at radius 1 is 1.12 bits per heavy atom. The third-order valence-electron chi connectivity index (χ3n) is 5.68. The SMILES string of the molecule is COc1cc2ncc(C(N)=O)c(Nc3ccc(Cl)c(Cl)c3)c2cc1N1CCCN(C)CC1. The lowest BCUT2D eigenvalue weighted by atomic mass is 10.1. The number of amides is 1. The zero-order valence-electron chi connectivity index (χ0n) is 18.0. The second-order valence-electron chi connectivity index (χ2n) is 7.85. The van der Waals surface area contributed by atoms with Crippen molar-refractivity contribution in [3.05, 3.63) is 52.1 Å². The number of nitrogens with two attached hydrogens (primary N) is 1. The Kier molecular flexibility index (Phi) is 6.60. The summed E-state index contributed by atoms with van der Waals surface area (Å²) in [5.41, 5.74) is 8.86. The van der Waals surface area contributed by atoms with Crippen LogP contribution >= 0.6 is 23.2 Å². The molecule has 0 unspecified atom stereocenters. The summed E-state index contributed by atoms with van der Waals surface area (Å²) >= 11 is 12.2. The first-order valence-electron chi connectivity index (χ1n) is 10.3. The van der Waals surface area contributed by atoms with Crippen LogP contribution in [0.4, 0.5) is 17.1 Å². The Balaban J connectivity index is 1.87. The van der Waals surface area contributed by atoms with Gasteiger partial charge in [-0.2, -0.15) is 0 Å². The van der Waals surface area contributed by atoms with Gasteiger partial charge < -0.3 is 25.6 Å². The van der Waals surface area contributed by atoms with Gasteiger partial charge in [-0.05, 0) is 44.3 Å². The predicted octanol–water partition coefficient (Wildman–Crippen LogP) is 4.53. The number of pyridine rings is 1. The molecule has 32 heavy (non-hydrogen) atoms. The molecule has 0 spiro atoms. The fourth-order valence-electron chi connectivity index (χ4n) is 3.95. The van der Waals surface area contributed by atoms with Crippen LogP contribution in [0.5, 0.6) is 5.75 Å². The number of nitrogens with one attached hydrogen (secondary N) is 1. The molecule has 4 rings (SSSR count). The summed E-state index contributed by atoms with van der Waals surface area (Å²) in [6.45, 7) is 3.78. The van der Waals surface area contributed by atoms with Crippen molar-refractivity contribution in [1.82, 2.24) is 9.88 Å². The van der Waals surface area contributed by atoms with Gasteiger partial charge in [0.25, 0.3) is 5.91 Å². The van der Waals surface area contributed by atoms with Crippen LogP contribution in [0.3, 0.4) is 0 Å². The summed E-state index contributed by atoms with van der Waals surface area (Å²) in [5.74, 6) is 0.164. The number of carbonyl (C=O) groups is 1. The Morgan fingerprint density at radius 3 is 2.66 bits per heavy atom. The maximum atomic E-state index is 12.2. The van der Waals surface area contributed by atoms with E-state index >= 15 is 0 Å². The van der Waals surface area contributed by atoms with E-state index < -0.39 is 5.91 Å². The topological polar surface area (TPSA) is 83.7 Å². The molecule has 2 aromatic carbocycles. The number of hydrogen-bond acceptors (Lipinski definition) is 6. The first-order valence-corrected chi connectivity index (χ1v) is 11.1. The number of methoxy groups -OCH3 is 1. The lowest BCUT2D eigenvalue weighted by Crippen LogP contribution is -2.29. The first kappa shape index (κ1) is 22.5. The van der Waals surface area contributed by atoms with Crippen LogP contribution in [0.15, 0.2) is 36.5 Å². The Morgan fingerprint density at radius 2 is 1.94 bits per heavy atom. The number of anilines is 3. The number of benzene rings is 2. The van der Waals surface area contributed by atoms with Crippen molar-refractivity contribution in [3.8, 4) is 5.75 Å². The van der Waals surface area contributed by atoms with Crippen LogP contribution in [-0.4, -0.2) is 56.1 Å². The molecular weight excluding hydrogens is 449 g/mol. The van der Waals surface area contributed by atoms with Crippen molar-refractivity contribution in [2.45, 2.75) is 6.42 Å². The van der Waals surface area contributed by atoms with Gasteiger partial charge in [0.15, 0.2) is 0 Å². The number of rotatable bonds is 5. The van der Waals surface area contributed by atoms with Crippen molar-refractivity contribution in [2.75, 3.05) is 50.6 Å². The molecule has 0 saturated carbocycles. The predicted molar refractivity (Wildman–Crippen MR) is 131 cm³/mol. The van der Waals surface area contributed by atoms with Gasteiger partial charge in [-0.3, -0.25) is 9.78 Å². The number of halogens is 2. The molecule has 7 nitrogen and oxygen atoms in total. The van der Waals surface area contributed by atoms with E-state index in [4.69, 9.17) is 33.7 Å². The molecular formula is C23H25Cl2N5O2. The highest BCUT2D eigenvalue weighted by molar-refractivity contribution is 6.42. The number of fused-ring (bicyclic) bond motifs is 1. The molecule has 0 radical (unpaired) electrons. The normalized spacial score (nSPS) is 14.9. The van der Waals surface area contributed by atoms with Gasteiger partial charge in [0.2, 0.25) is 0 Å². The number of hydrogen-bond donors (Lipinski definition) is 2. The molecule has 0 aliphatic carbocycles. The summed E-state index contributed by atoms with van der Waals surface area (Å²) in [7, 11) is 3.78. The maximum absolute atomic E-state index is 12.2.